The summed E-state index contributed by atoms with van der Waals surface area (Å²) >= 11 is 1.58. The predicted molar refractivity (Wildman–Crippen MR) is 138 cm³/mol. The summed E-state index contributed by atoms with van der Waals surface area (Å²) in [7, 11) is 1.61. The van der Waals surface area contributed by atoms with Crippen molar-refractivity contribution in [2.45, 2.75) is 36.8 Å². The number of benzene rings is 3. The molecule has 0 radical (unpaired) electrons. The number of hydrogen-bond acceptors (Lipinski definition) is 4. The summed E-state index contributed by atoms with van der Waals surface area (Å²) in [5, 5.41) is 2.63. The number of ether oxygens (including phenoxy) is 1. The first-order chi connectivity index (χ1) is 16.6. The van der Waals surface area contributed by atoms with E-state index in [9.17, 15) is 9.59 Å². The van der Waals surface area contributed by atoms with E-state index >= 15 is 0 Å². The highest BCUT2D eigenvalue weighted by Gasteiger charge is 2.40. The molecule has 3 aromatic rings. The zero-order valence-electron chi connectivity index (χ0n) is 19.6. The van der Waals surface area contributed by atoms with Crippen LogP contribution in [-0.4, -0.2) is 30.7 Å². The molecule has 3 aromatic carbocycles. The summed E-state index contributed by atoms with van der Waals surface area (Å²) in [6.07, 6.45) is 2.96. The van der Waals surface area contributed by atoms with E-state index in [-0.39, 0.29) is 22.4 Å². The number of anilines is 1. The Labute approximate surface area is 205 Å². The molecule has 6 heteroatoms. The zero-order chi connectivity index (χ0) is 23.9. The van der Waals surface area contributed by atoms with Crippen LogP contribution in [-0.2, 0) is 11.2 Å². The van der Waals surface area contributed by atoms with Gasteiger partial charge in [-0.1, -0.05) is 54.6 Å². The van der Waals surface area contributed by atoms with Crippen LogP contribution < -0.4 is 15.0 Å². The van der Waals surface area contributed by atoms with Gasteiger partial charge in [0.2, 0.25) is 5.91 Å². The maximum Gasteiger partial charge on any atom is 0.251 e. The van der Waals surface area contributed by atoms with Crippen LogP contribution >= 0.6 is 11.8 Å². The van der Waals surface area contributed by atoms with Crippen molar-refractivity contribution in [2.75, 3.05) is 18.6 Å². The van der Waals surface area contributed by atoms with Crippen molar-refractivity contribution in [3.63, 3.8) is 0 Å². The highest BCUT2D eigenvalue weighted by atomic mass is 32.2. The fourth-order valence-electron chi connectivity index (χ4n) is 4.16. The Balaban J connectivity index is 1.42. The molecule has 2 amide bonds. The lowest BCUT2D eigenvalue weighted by atomic mass is 10.1. The normalized spacial score (nSPS) is 17.6. The van der Waals surface area contributed by atoms with Gasteiger partial charge in [0.1, 0.15) is 11.1 Å². The number of para-hydroxylation sites is 2. The lowest BCUT2D eigenvalue weighted by Gasteiger charge is -2.26. The number of nitrogens with zero attached hydrogens (tertiary/aromatic N) is 1. The van der Waals surface area contributed by atoms with E-state index in [4.69, 9.17) is 4.74 Å². The summed E-state index contributed by atoms with van der Waals surface area (Å²) in [5.41, 5.74) is 3.59. The summed E-state index contributed by atoms with van der Waals surface area (Å²) < 4.78 is 5.51. The van der Waals surface area contributed by atoms with Crippen LogP contribution in [0, 0.1) is 0 Å². The molecule has 2 unspecified atom stereocenters. The highest BCUT2D eigenvalue weighted by Crippen LogP contribution is 2.47. The molecule has 0 spiro atoms. The molecular formula is C28H30N2O3S. The second kappa shape index (κ2) is 11.3. The number of carbonyl (C=O) groups excluding carboxylic acids is 2. The number of methoxy groups -OCH3 is 1. The van der Waals surface area contributed by atoms with Crippen LogP contribution in [0.15, 0.2) is 78.9 Å². The third-order valence-corrected chi connectivity index (χ3v) is 7.30. The minimum absolute atomic E-state index is 0.0350. The van der Waals surface area contributed by atoms with E-state index < -0.39 is 0 Å². The topological polar surface area (TPSA) is 58.6 Å². The van der Waals surface area contributed by atoms with Crippen molar-refractivity contribution in [2.24, 2.45) is 0 Å². The number of amides is 2. The molecular weight excluding hydrogens is 444 g/mol. The molecule has 0 aliphatic carbocycles. The molecule has 176 valence electrons. The third-order valence-electron chi connectivity index (χ3n) is 5.95. The Kier molecular flexibility index (Phi) is 7.91. The number of aryl methyl sites for hydroxylation is 1. The number of nitrogens with one attached hydrogen (secondary N) is 1. The SMILES string of the molecule is COc1ccccc1N1C(=O)C(C)SC1c1cccc(C(=O)NCCCCc2ccccc2)c1. The fourth-order valence-corrected chi connectivity index (χ4v) is 5.42. The number of thioether (sulfide) groups is 1. The van der Waals surface area contributed by atoms with Gasteiger partial charge in [-0.15, -0.1) is 11.8 Å². The first kappa shape index (κ1) is 23.9. The quantitative estimate of drug-likeness (QED) is 0.409. The minimum atomic E-state index is -0.225. The van der Waals surface area contributed by atoms with E-state index in [2.05, 4.69) is 29.6 Å². The maximum absolute atomic E-state index is 13.1. The van der Waals surface area contributed by atoms with Gasteiger partial charge >= 0.3 is 0 Å². The number of rotatable bonds is 9. The average Bonchev–Trinajstić information content (AvgIpc) is 3.18. The van der Waals surface area contributed by atoms with Crippen molar-refractivity contribution >= 4 is 29.3 Å². The molecule has 0 bridgehead atoms. The van der Waals surface area contributed by atoms with Gasteiger partial charge in [0.15, 0.2) is 0 Å². The summed E-state index contributed by atoms with van der Waals surface area (Å²) in [6.45, 7) is 2.55. The lowest BCUT2D eigenvalue weighted by Crippen LogP contribution is -2.30. The van der Waals surface area contributed by atoms with Gasteiger partial charge in [0.05, 0.1) is 18.0 Å². The van der Waals surface area contributed by atoms with Gasteiger partial charge in [0, 0.05) is 12.1 Å². The molecule has 1 saturated heterocycles. The Bertz CT molecular complexity index is 1140. The molecule has 1 fully saturated rings. The fraction of sp³-hybridized carbons (Fsp3) is 0.286. The van der Waals surface area contributed by atoms with Gasteiger partial charge < -0.3 is 10.1 Å². The molecule has 2 atom stereocenters. The van der Waals surface area contributed by atoms with Gasteiger partial charge in [0.25, 0.3) is 5.91 Å². The Morgan fingerprint density at radius 1 is 1.00 bits per heavy atom. The molecule has 0 saturated carbocycles. The van der Waals surface area contributed by atoms with Crippen molar-refractivity contribution in [1.82, 2.24) is 5.32 Å². The number of hydrogen-bond donors (Lipinski definition) is 1. The molecule has 1 aliphatic heterocycles. The molecule has 1 heterocycles. The Hall–Kier alpha value is -3.25. The summed E-state index contributed by atoms with van der Waals surface area (Å²) in [6, 6.07) is 25.5. The van der Waals surface area contributed by atoms with Crippen LogP contribution in [0.5, 0.6) is 5.75 Å². The predicted octanol–water partition coefficient (Wildman–Crippen LogP) is 5.62. The summed E-state index contributed by atoms with van der Waals surface area (Å²) in [4.78, 5) is 27.6. The maximum atomic E-state index is 13.1. The monoisotopic (exact) mass is 474 g/mol. The van der Waals surface area contributed by atoms with Crippen LogP contribution in [0.1, 0.15) is 46.6 Å². The zero-order valence-corrected chi connectivity index (χ0v) is 20.4. The van der Waals surface area contributed by atoms with Crippen LogP contribution in [0.4, 0.5) is 5.69 Å². The van der Waals surface area contributed by atoms with Crippen molar-refractivity contribution in [3.8, 4) is 5.75 Å². The number of unbranched alkanes of at least 4 members (excludes halogenated alkanes) is 1. The molecule has 5 nitrogen and oxygen atoms in total. The lowest BCUT2D eigenvalue weighted by molar-refractivity contribution is -0.117. The standard InChI is InChI=1S/C28H30N2O3S/c1-20-27(32)30(24-16-6-7-17-25(24)33-2)28(34-20)23-15-10-14-22(19-23)26(31)29-18-9-8-13-21-11-4-3-5-12-21/h3-7,10-12,14-17,19-20,28H,8-9,13,18H2,1-2H3,(H,29,31). The smallest absolute Gasteiger partial charge is 0.251 e. The van der Waals surface area contributed by atoms with E-state index in [0.717, 1.165) is 30.5 Å². The first-order valence-electron chi connectivity index (χ1n) is 11.6. The largest absolute Gasteiger partial charge is 0.495 e. The van der Waals surface area contributed by atoms with Crippen molar-refractivity contribution in [3.05, 3.63) is 95.6 Å². The molecule has 34 heavy (non-hydrogen) atoms. The Morgan fingerprint density at radius 3 is 2.56 bits per heavy atom. The average molecular weight is 475 g/mol. The molecule has 4 rings (SSSR count). The number of carbonyl (C=O) groups is 2. The van der Waals surface area contributed by atoms with E-state index in [1.54, 1.807) is 23.8 Å². The van der Waals surface area contributed by atoms with E-state index in [0.29, 0.717) is 17.9 Å². The summed E-state index contributed by atoms with van der Waals surface area (Å²) in [5.74, 6) is 0.598. The third kappa shape index (κ3) is 5.45. The molecule has 1 aliphatic rings. The minimum Gasteiger partial charge on any atom is -0.495 e. The van der Waals surface area contributed by atoms with Crippen molar-refractivity contribution in [1.29, 1.82) is 0 Å². The van der Waals surface area contributed by atoms with Crippen LogP contribution in [0.2, 0.25) is 0 Å². The second-order valence-electron chi connectivity index (χ2n) is 8.33. The van der Waals surface area contributed by atoms with Gasteiger partial charge in [-0.2, -0.15) is 0 Å². The van der Waals surface area contributed by atoms with Gasteiger partial charge in [-0.3, -0.25) is 14.5 Å². The van der Waals surface area contributed by atoms with Gasteiger partial charge in [-0.05, 0) is 61.6 Å². The Morgan fingerprint density at radius 2 is 1.76 bits per heavy atom. The van der Waals surface area contributed by atoms with Crippen LogP contribution in [0.25, 0.3) is 0 Å². The van der Waals surface area contributed by atoms with Gasteiger partial charge in [-0.25, -0.2) is 0 Å². The van der Waals surface area contributed by atoms with E-state index in [1.807, 2.05) is 61.5 Å². The van der Waals surface area contributed by atoms with E-state index in [1.165, 1.54) is 5.56 Å². The van der Waals surface area contributed by atoms with Crippen molar-refractivity contribution < 1.29 is 14.3 Å². The first-order valence-corrected chi connectivity index (χ1v) is 12.6. The highest BCUT2D eigenvalue weighted by molar-refractivity contribution is 8.01. The van der Waals surface area contributed by atoms with Crippen LogP contribution in [0.3, 0.4) is 0 Å². The second-order valence-corrected chi connectivity index (χ2v) is 9.76. The molecule has 1 N–H and O–H groups in total. The molecule has 0 aromatic heterocycles.